The Morgan fingerprint density at radius 2 is 1.74 bits per heavy atom. The van der Waals surface area contributed by atoms with Gasteiger partial charge >= 0.3 is 5.97 Å². The minimum atomic E-state index is -1.09. The molecule has 164 valence electrons. The van der Waals surface area contributed by atoms with E-state index in [0.29, 0.717) is 17.2 Å². The number of nitrogens with zero attached hydrogens (tertiary/aromatic N) is 1. The molecule has 1 aromatic carbocycles. The Kier molecular flexibility index (Phi) is 5.43. The summed E-state index contributed by atoms with van der Waals surface area (Å²) < 4.78 is 15.4. The highest BCUT2D eigenvalue weighted by atomic mass is 16.5. The molecule has 2 bridgehead atoms. The topological polar surface area (TPSA) is 111 Å². The van der Waals surface area contributed by atoms with Crippen molar-refractivity contribution in [3.63, 3.8) is 0 Å². The number of allylic oxidation sites excluding steroid dienone is 2. The molecule has 3 aliphatic rings. The number of imide groups is 1. The van der Waals surface area contributed by atoms with E-state index in [4.69, 9.17) is 14.2 Å². The van der Waals surface area contributed by atoms with E-state index in [1.165, 1.54) is 21.1 Å². The van der Waals surface area contributed by atoms with Crippen molar-refractivity contribution in [3.8, 4) is 11.5 Å². The van der Waals surface area contributed by atoms with Crippen LogP contribution in [0.25, 0.3) is 0 Å². The molecule has 2 aliphatic carbocycles. The third kappa shape index (κ3) is 3.54. The van der Waals surface area contributed by atoms with Gasteiger partial charge in [-0.05, 0) is 37.3 Å². The van der Waals surface area contributed by atoms with Crippen molar-refractivity contribution in [1.29, 1.82) is 0 Å². The summed E-state index contributed by atoms with van der Waals surface area (Å²) in [6.45, 7) is 0.872. The van der Waals surface area contributed by atoms with Crippen LogP contribution in [0, 0.1) is 23.7 Å². The van der Waals surface area contributed by atoms with Crippen molar-refractivity contribution in [2.75, 3.05) is 26.1 Å². The summed E-state index contributed by atoms with van der Waals surface area (Å²) in [5.74, 6) is -1.79. The van der Waals surface area contributed by atoms with E-state index < -0.39 is 24.5 Å². The van der Waals surface area contributed by atoms with E-state index in [2.05, 4.69) is 5.32 Å². The number of amides is 3. The third-order valence-electron chi connectivity index (χ3n) is 6.26. The van der Waals surface area contributed by atoms with Gasteiger partial charge in [0.1, 0.15) is 17.5 Å². The van der Waals surface area contributed by atoms with Crippen LogP contribution < -0.4 is 14.8 Å². The fourth-order valence-corrected chi connectivity index (χ4v) is 4.77. The van der Waals surface area contributed by atoms with Crippen molar-refractivity contribution in [2.24, 2.45) is 23.7 Å². The lowest BCUT2D eigenvalue weighted by molar-refractivity contribution is -0.159. The number of benzene rings is 1. The maximum absolute atomic E-state index is 12.8. The second-order valence-corrected chi connectivity index (χ2v) is 7.94. The minimum absolute atomic E-state index is 0.0586. The maximum Gasteiger partial charge on any atom is 0.329 e. The first-order chi connectivity index (χ1) is 14.8. The van der Waals surface area contributed by atoms with E-state index >= 15 is 0 Å². The van der Waals surface area contributed by atoms with E-state index in [1.807, 2.05) is 12.2 Å². The molecular weight excluding hydrogens is 404 g/mol. The normalized spacial score (nSPS) is 26.6. The van der Waals surface area contributed by atoms with Crippen LogP contribution in [0.5, 0.6) is 11.5 Å². The molecule has 9 nitrogen and oxygen atoms in total. The molecule has 0 aromatic heterocycles. The van der Waals surface area contributed by atoms with Crippen molar-refractivity contribution < 1.29 is 33.4 Å². The Hall–Kier alpha value is -3.36. The molecule has 1 saturated carbocycles. The molecule has 1 heterocycles. The van der Waals surface area contributed by atoms with Crippen LogP contribution in [0.15, 0.2) is 30.4 Å². The number of hydrogen-bond acceptors (Lipinski definition) is 7. The largest absolute Gasteiger partial charge is 0.497 e. The van der Waals surface area contributed by atoms with Crippen molar-refractivity contribution >= 4 is 29.4 Å². The van der Waals surface area contributed by atoms with Crippen LogP contribution in [0.1, 0.15) is 13.3 Å². The van der Waals surface area contributed by atoms with E-state index in [1.54, 1.807) is 18.2 Å². The van der Waals surface area contributed by atoms with Crippen molar-refractivity contribution in [3.05, 3.63) is 30.4 Å². The second-order valence-electron chi connectivity index (χ2n) is 7.94. The molecule has 1 aliphatic heterocycles. The lowest BCUT2D eigenvalue weighted by atomic mass is 9.85. The number of anilines is 1. The van der Waals surface area contributed by atoms with Gasteiger partial charge in [-0.2, -0.15) is 0 Å². The van der Waals surface area contributed by atoms with Crippen LogP contribution in [0.2, 0.25) is 0 Å². The molecule has 3 amide bonds. The van der Waals surface area contributed by atoms with Crippen molar-refractivity contribution in [2.45, 2.75) is 19.4 Å². The first-order valence-electron chi connectivity index (χ1n) is 10.1. The predicted octanol–water partition coefficient (Wildman–Crippen LogP) is 1.38. The molecule has 0 spiro atoms. The van der Waals surface area contributed by atoms with Gasteiger partial charge in [-0.1, -0.05) is 12.2 Å². The number of carbonyl (C=O) groups is 4. The van der Waals surface area contributed by atoms with Gasteiger partial charge in [0.2, 0.25) is 11.8 Å². The highest BCUT2D eigenvalue weighted by Crippen LogP contribution is 2.52. The predicted molar refractivity (Wildman–Crippen MR) is 108 cm³/mol. The summed E-state index contributed by atoms with van der Waals surface area (Å²) >= 11 is 0. The van der Waals surface area contributed by atoms with Gasteiger partial charge in [-0.3, -0.25) is 19.3 Å². The Labute approximate surface area is 179 Å². The Balaban J connectivity index is 1.35. The van der Waals surface area contributed by atoms with Gasteiger partial charge < -0.3 is 19.5 Å². The van der Waals surface area contributed by atoms with Crippen LogP contribution >= 0.6 is 0 Å². The van der Waals surface area contributed by atoms with Gasteiger partial charge in [0.25, 0.3) is 5.91 Å². The zero-order valence-electron chi connectivity index (χ0n) is 17.5. The number of nitrogens with one attached hydrogen (secondary N) is 1. The summed E-state index contributed by atoms with van der Waals surface area (Å²) in [6.07, 6.45) is 4.79. The average Bonchev–Trinajstić information content (AvgIpc) is 3.45. The number of rotatable bonds is 7. The van der Waals surface area contributed by atoms with Gasteiger partial charge in [0.15, 0.2) is 6.61 Å². The molecule has 0 radical (unpaired) electrons. The number of methoxy groups -OCH3 is 2. The van der Waals surface area contributed by atoms with Gasteiger partial charge in [0, 0.05) is 6.07 Å². The lowest BCUT2D eigenvalue weighted by Crippen LogP contribution is -2.45. The Bertz CT molecular complexity index is 943. The van der Waals surface area contributed by atoms with E-state index in [9.17, 15) is 19.2 Å². The highest BCUT2D eigenvalue weighted by Gasteiger charge is 2.60. The summed E-state index contributed by atoms with van der Waals surface area (Å²) in [5.41, 5.74) is 0.358. The molecular formula is C22H24N2O7. The molecule has 5 atom stereocenters. The first-order valence-corrected chi connectivity index (χ1v) is 10.1. The molecule has 0 unspecified atom stereocenters. The van der Waals surface area contributed by atoms with E-state index in [-0.39, 0.29) is 35.5 Å². The summed E-state index contributed by atoms with van der Waals surface area (Å²) in [5, 5.41) is 2.59. The number of esters is 1. The number of fused-ring (bicyclic) bond motifs is 5. The number of carbonyl (C=O) groups excluding carboxylic acids is 4. The molecule has 1 N–H and O–H groups in total. The molecule has 9 heteroatoms. The fraction of sp³-hybridized carbons (Fsp3) is 0.455. The second kappa shape index (κ2) is 8.05. The van der Waals surface area contributed by atoms with Crippen LogP contribution in [0.4, 0.5) is 5.69 Å². The quantitative estimate of drug-likeness (QED) is 0.397. The average molecular weight is 428 g/mol. The minimum Gasteiger partial charge on any atom is -0.497 e. The third-order valence-corrected chi connectivity index (χ3v) is 6.26. The number of ether oxygens (including phenoxy) is 3. The van der Waals surface area contributed by atoms with Gasteiger partial charge in [-0.25, -0.2) is 4.79 Å². The zero-order chi connectivity index (χ0) is 22.3. The Morgan fingerprint density at radius 1 is 1.10 bits per heavy atom. The number of likely N-dealkylation sites (tertiary alicyclic amines) is 1. The van der Waals surface area contributed by atoms with Crippen LogP contribution in [-0.4, -0.2) is 55.5 Å². The molecule has 1 aromatic rings. The van der Waals surface area contributed by atoms with Crippen molar-refractivity contribution in [1.82, 2.24) is 4.90 Å². The monoisotopic (exact) mass is 428 g/mol. The van der Waals surface area contributed by atoms with Crippen LogP contribution in [0.3, 0.4) is 0 Å². The first kappa shape index (κ1) is 20.9. The highest BCUT2D eigenvalue weighted by molar-refractivity contribution is 6.09. The summed E-state index contributed by atoms with van der Waals surface area (Å²) in [7, 11) is 2.95. The summed E-state index contributed by atoms with van der Waals surface area (Å²) in [6, 6.07) is 3.79. The zero-order valence-corrected chi connectivity index (χ0v) is 17.5. The Morgan fingerprint density at radius 3 is 2.32 bits per heavy atom. The van der Waals surface area contributed by atoms with Gasteiger partial charge in [0.05, 0.1) is 31.7 Å². The fourth-order valence-electron chi connectivity index (χ4n) is 4.77. The molecule has 2 fully saturated rings. The molecule has 1 saturated heterocycles. The van der Waals surface area contributed by atoms with Gasteiger partial charge in [-0.15, -0.1) is 0 Å². The summed E-state index contributed by atoms with van der Waals surface area (Å²) in [4.78, 5) is 51.4. The molecule has 4 rings (SSSR count). The lowest BCUT2D eigenvalue weighted by Gasteiger charge is -2.23. The smallest absolute Gasteiger partial charge is 0.329 e. The maximum atomic E-state index is 12.8. The standard InChI is InChI=1S/C22H24N2O7/c1-11(24-20(26)18-12-4-5-13(8-12)19(18)21(24)27)22(28)31-10-17(25)23-15-9-14(29-2)6-7-16(15)30-3/h4-7,9,11-13,18-19H,8,10H2,1-3H3,(H,23,25)/t11-,12-,13-,18-,19-/m0/s1. The number of hydrogen-bond donors (Lipinski definition) is 1. The SMILES string of the molecule is COc1ccc(OC)c(NC(=O)COC(=O)[C@H](C)N2C(=O)[C@@H]3[C@@H](C2=O)[C@H]2C=C[C@H]3C2)c1. The van der Waals surface area contributed by atoms with E-state index in [0.717, 1.165) is 11.3 Å². The van der Waals surface area contributed by atoms with Crippen LogP contribution in [-0.2, 0) is 23.9 Å². The molecule has 31 heavy (non-hydrogen) atoms.